The number of anilines is 1. The van der Waals surface area contributed by atoms with Crippen LogP contribution in [-0.4, -0.2) is 50.3 Å². The molecule has 2 aromatic heterocycles. The van der Waals surface area contributed by atoms with Crippen molar-refractivity contribution in [2.45, 2.75) is 90.1 Å². The van der Waals surface area contributed by atoms with Crippen molar-refractivity contribution in [1.82, 2.24) is 14.3 Å². The molecule has 2 aliphatic heterocycles. The summed E-state index contributed by atoms with van der Waals surface area (Å²) in [5, 5.41) is 3.31. The molecule has 7 nitrogen and oxygen atoms in total. The minimum Gasteiger partial charge on any atom is -0.376 e. The number of unbranched alkanes of at least 4 members (excludes halogenated alkanes) is 9. The number of hydrogen-bond donors (Lipinski definition) is 1. The highest BCUT2D eigenvalue weighted by Crippen LogP contribution is 2.33. The first-order valence-corrected chi connectivity index (χ1v) is 15.4. The lowest BCUT2D eigenvalue weighted by atomic mass is 10.1. The Bertz CT molecular complexity index is 1190. The van der Waals surface area contributed by atoms with E-state index in [2.05, 4.69) is 12.2 Å². The number of nitrogens with zero attached hydrogens (tertiary/aromatic N) is 3. The summed E-state index contributed by atoms with van der Waals surface area (Å²) in [6.45, 7) is 4.19. The summed E-state index contributed by atoms with van der Waals surface area (Å²) < 4.78 is 7.79. The highest BCUT2D eigenvalue weighted by atomic mass is 32.2. The van der Waals surface area contributed by atoms with Gasteiger partial charge in [0.1, 0.15) is 15.8 Å². The van der Waals surface area contributed by atoms with Gasteiger partial charge in [-0.2, -0.15) is 0 Å². The van der Waals surface area contributed by atoms with Crippen molar-refractivity contribution in [3.63, 3.8) is 0 Å². The Hall–Kier alpha value is -2.23. The number of pyridine rings is 1. The molecular weight excluding hydrogens is 516 g/mol. The number of amides is 1. The van der Waals surface area contributed by atoms with Gasteiger partial charge in [0.05, 0.1) is 16.6 Å². The number of carbonyl (C=O) groups is 1. The average molecular weight is 557 g/mol. The number of aromatic nitrogens is 2. The third-order valence-corrected chi connectivity index (χ3v) is 8.55. The van der Waals surface area contributed by atoms with Gasteiger partial charge >= 0.3 is 0 Å². The van der Waals surface area contributed by atoms with Crippen LogP contribution < -0.4 is 10.9 Å². The summed E-state index contributed by atoms with van der Waals surface area (Å²) in [6.07, 6.45) is 17.9. The largest absolute Gasteiger partial charge is 0.376 e. The summed E-state index contributed by atoms with van der Waals surface area (Å²) in [5.41, 5.74) is 0.703. The quantitative estimate of drug-likeness (QED) is 0.154. The van der Waals surface area contributed by atoms with Crippen molar-refractivity contribution in [3.05, 3.63) is 45.2 Å². The fraction of sp³-hybridized carbons (Fsp3) is 0.586. The molecule has 1 unspecified atom stereocenters. The van der Waals surface area contributed by atoms with E-state index in [1.165, 1.54) is 67.5 Å². The number of nitrogens with one attached hydrogen (secondary N) is 1. The standard InChI is InChI=1S/C29H40N4O3S2/c1-2-3-4-5-6-7-8-9-10-12-18-33-28(35)24(38-29(33)37)20-23-26(30-21-22-15-14-19-36-22)31-25-16-11-13-17-32(25)27(23)34/h11,13,16-17,20,22,30H,2-10,12,14-15,18-19,21H2,1H3/b24-20+. The van der Waals surface area contributed by atoms with Crippen molar-refractivity contribution in [2.24, 2.45) is 0 Å². The van der Waals surface area contributed by atoms with Gasteiger partial charge in [-0.1, -0.05) is 94.8 Å². The van der Waals surface area contributed by atoms with Gasteiger partial charge in [-0.05, 0) is 37.5 Å². The molecule has 0 aromatic carbocycles. The Morgan fingerprint density at radius 2 is 1.84 bits per heavy atom. The molecule has 1 N–H and O–H groups in total. The van der Waals surface area contributed by atoms with Crippen LogP contribution in [0.4, 0.5) is 5.82 Å². The molecule has 4 rings (SSSR count). The smallest absolute Gasteiger partial charge is 0.267 e. The van der Waals surface area contributed by atoms with Gasteiger partial charge in [0.25, 0.3) is 11.5 Å². The third kappa shape index (κ3) is 7.67. The van der Waals surface area contributed by atoms with Crippen LogP contribution in [0.1, 0.15) is 89.5 Å². The maximum Gasteiger partial charge on any atom is 0.267 e. The molecule has 2 aliphatic rings. The molecule has 0 bridgehead atoms. The van der Waals surface area contributed by atoms with Gasteiger partial charge in [-0.25, -0.2) is 4.98 Å². The summed E-state index contributed by atoms with van der Waals surface area (Å²) in [5.74, 6) is 0.343. The van der Waals surface area contributed by atoms with Crippen molar-refractivity contribution in [3.8, 4) is 0 Å². The zero-order chi connectivity index (χ0) is 26.7. The van der Waals surface area contributed by atoms with E-state index in [4.69, 9.17) is 21.9 Å². The van der Waals surface area contributed by atoms with Crippen molar-refractivity contribution < 1.29 is 9.53 Å². The molecule has 2 saturated heterocycles. The van der Waals surface area contributed by atoms with E-state index < -0.39 is 0 Å². The first-order valence-electron chi connectivity index (χ1n) is 14.2. The van der Waals surface area contributed by atoms with Gasteiger partial charge < -0.3 is 10.1 Å². The fourth-order valence-electron chi connectivity index (χ4n) is 4.96. The predicted molar refractivity (Wildman–Crippen MR) is 161 cm³/mol. The summed E-state index contributed by atoms with van der Waals surface area (Å²) in [6, 6.07) is 5.45. The summed E-state index contributed by atoms with van der Waals surface area (Å²) in [4.78, 5) is 33.5. The summed E-state index contributed by atoms with van der Waals surface area (Å²) >= 11 is 6.81. The molecular formula is C29H40N4O3S2. The van der Waals surface area contributed by atoms with Crippen LogP contribution in [0.2, 0.25) is 0 Å². The number of rotatable bonds is 15. The topological polar surface area (TPSA) is 75.9 Å². The molecule has 0 saturated carbocycles. The van der Waals surface area contributed by atoms with Gasteiger partial charge in [-0.3, -0.25) is 18.9 Å². The second-order valence-corrected chi connectivity index (χ2v) is 11.8. The zero-order valence-corrected chi connectivity index (χ0v) is 24.1. The van der Waals surface area contributed by atoms with Crippen LogP contribution in [0.3, 0.4) is 0 Å². The molecule has 2 aromatic rings. The van der Waals surface area contributed by atoms with E-state index in [1.54, 1.807) is 29.3 Å². The molecule has 1 amide bonds. The molecule has 0 spiro atoms. The van der Waals surface area contributed by atoms with Crippen LogP contribution in [0.25, 0.3) is 11.7 Å². The van der Waals surface area contributed by atoms with Crippen LogP contribution in [-0.2, 0) is 9.53 Å². The van der Waals surface area contributed by atoms with Gasteiger partial charge in [0.15, 0.2) is 0 Å². The Balaban J connectivity index is 1.38. The van der Waals surface area contributed by atoms with Gasteiger partial charge in [0, 0.05) is 25.9 Å². The molecule has 0 aliphatic carbocycles. The Morgan fingerprint density at radius 3 is 2.55 bits per heavy atom. The minimum atomic E-state index is -0.217. The zero-order valence-electron chi connectivity index (χ0n) is 22.5. The van der Waals surface area contributed by atoms with Crippen LogP contribution in [0.15, 0.2) is 34.1 Å². The SMILES string of the molecule is CCCCCCCCCCCCN1C(=O)/C(=C\c2c(NCC3CCCO3)nc3ccccn3c2=O)SC1=S. The van der Waals surface area contributed by atoms with E-state index in [9.17, 15) is 9.59 Å². The van der Waals surface area contributed by atoms with E-state index >= 15 is 0 Å². The van der Waals surface area contributed by atoms with E-state index in [-0.39, 0.29) is 17.6 Å². The lowest BCUT2D eigenvalue weighted by Gasteiger charge is -2.15. The molecule has 4 heterocycles. The van der Waals surface area contributed by atoms with Gasteiger partial charge in [-0.15, -0.1) is 0 Å². The number of thioether (sulfide) groups is 1. The highest BCUT2D eigenvalue weighted by molar-refractivity contribution is 8.26. The van der Waals surface area contributed by atoms with Crippen molar-refractivity contribution in [1.29, 1.82) is 0 Å². The monoisotopic (exact) mass is 556 g/mol. The minimum absolute atomic E-state index is 0.0955. The molecule has 1 atom stereocenters. The lowest BCUT2D eigenvalue weighted by molar-refractivity contribution is -0.122. The van der Waals surface area contributed by atoms with Crippen LogP contribution in [0.5, 0.6) is 0 Å². The van der Waals surface area contributed by atoms with Gasteiger partial charge in [0.2, 0.25) is 0 Å². The first-order chi connectivity index (χ1) is 18.6. The third-order valence-electron chi connectivity index (χ3n) is 7.17. The maximum atomic E-state index is 13.4. The number of fused-ring (bicyclic) bond motifs is 1. The molecule has 0 radical (unpaired) electrons. The number of thiocarbonyl (C=S) groups is 1. The fourth-order valence-corrected chi connectivity index (χ4v) is 6.25. The van der Waals surface area contributed by atoms with Crippen LogP contribution in [0, 0.1) is 0 Å². The lowest BCUT2D eigenvalue weighted by Crippen LogP contribution is -2.29. The van der Waals surface area contributed by atoms with Crippen molar-refractivity contribution in [2.75, 3.05) is 25.0 Å². The second kappa shape index (κ2) is 14.8. The molecule has 38 heavy (non-hydrogen) atoms. The maximum absolute atomic E-state index is 13.4. The Labute approximate surface area is 235 Å². The Kier molecular flexibility index (Phi) is 11.2. The Morgan fingerprint density at radius 1 is 1.11 bits per heavy atom. The number of carbonyl (C=O) groups excluding carboxylic acids is 1. The van der Waals surface area contributed by atoms with Crippen LogP contribution >= 0.6 is 24.0 Å². The van der Waals surface area contributed by atoms with E-state index in [0.717, 1.165) is 32.3 Å². The van der Waals surface area contributed by atoms with E-state index in [0.29, 0.717) is 39.3 Å². The van der Waals surface area contributed by atoms with E-state index in [1.807, 2.05) is 6.07 Å². The average Bonchev–Trinajstić information content (AvgIpc) is 3.54. The first kappa shape index (κ1) is 28.8. The highest BCUT2D eigenvalue weighted by Gasteiger charge is 2.32. The number of hydrogen-bond acceptors (Lipinski definition) is 7. The summed E-state index contributed by atoms with van der Waals surface area (Å²) in [7, 11) is 0. The number of ether oxygens (including phenoxy) is 1. The molecule has 9 heteroatoms. The molecule has 206 valence electrons. The predicted octanol–water partition coefficient (Wildman–Crippen LogP) is 6.41. The second-order valence-electron chi connectivity index (χ2n) is 10.1. The molecule has 2 fully saturated rings. The van der Waals surface area contributed by atoms with Crippen molar-refractivity contribution >= 4 is 51.7 Å². The normalized spacial score (nSPS) is 18.8.